The summed E-state index contributed by atoms with van der Waals surface area (Å²) < 4.78 is 2.58. The number of rotatable bonds is 13. The first-order valence-electron chi connectivity index (χ1n) is 41.7. The molecule has 0 amide bonds. The molecule has 0 N–H and O–H groups in total. The third kappa shape index (κ3) is 12.9. The molecule has 6 heteroatoms. The van der Waals surface area contributed by atoms with Crippen molar-refractivity contribution in [3.05, 3.63) is 386 Å². The first-order chi connectivity index (χ1) is 55.7. The van der Waals surface area contributed by atoms with Gasteiger partial charge in [-0.15, -0.1) is 0 Å². The fourth-order valence-corrected chi connectivity index (χ4v) is 28.7. The Morgan fingerprint density at radius 2 is 0.621 bits per heavy atom. The highest BCUT2D eigenvalue weighted by molar-refractivity contribution is 7.20. The van der Waals surface area contributed by atoms with Crippen LogP contribution in [0.2, 0.25) is 0 Å². The standard InChI is InChI=1S/C110H104BN3Si2/c1-106(2,3)78-41-38-40-75(62-78)76-63-81(109(10,11)12)68-83(66-76)114-102-73-95(77-64-79(107(4,5)6)67-80(65-77)108(7,8)9)96(110(13,14)15)74-98(102)111-97-61-60-92(116(88-49-28-19-29-50-88,89-51-30-20-31-52-89)90-53-32-21-33-54-90)72-101(97)112(103-70-84(71-104(114)105(103)111)113-99-58-36-34-56-93(99)94-57-35-37-59-100(94)113)82-42-39-55-91(69-82)115(85-43-22-16-23-44-85,86-45-24-17-25-46-86)87-47-26-18-27-48-87/h16-74H,1-15H3. The third-order valence-corrected chi connectivity index (χ3v) is 34.7. The van der Waals surface area contributed by atoms with Gasteiger partial charge in [0.05, 0.1) is 16.7 Å². The van der Waals surface area contributed by atoms with Gasteiger partial charge in [0.25, 0.3) is 6.71 Å². The zero-order valence-electron chi connectivity index (χ0n) is 70.0. The van der Waals surface area contributed by atoms with Crippen LogP contribution in [0.1, 0.15) is 132 Å². The van der Waals surface area contributed by atoms with E-state index >= 15 is 0 Å². The second kappa shape index (κ2) is 28.6. The molecule has 0 bridgehead atoms. The van der Waals surface area contributed by atoms with Crippen LogP contribution in [0.5, 0.6) is 0 Å². The van der Waals surface area contributed by atoms with Gasteiger partial charge in [-0.2, -0.15) is 0 Å². The molecule has 1 aromatic heterocycles. The van der Waals surface area contributed by atoms with E-state index in [4.69, 9.17) is 0 Å². The molecule has 2 aliphatic heterocycles. The van der Waals surface area contributed by atoms with E-state index in [1.165, 1.54) is 124 Å². The van der Waals surface area contributed by atoms with E-state index in [-0.39, 0.29) is 33.8 Å². The smallest absolute Gasteiger partial charge is 0.252 e. The molecule has 3 nitrogen and oxygen atoms in total. The van der Waals surface area contributed by atoms with Crippen LogP contribution in [0.15, 0.2) is 358 Å². The third-order valence-electron chi connectivity index (χ3n) is 25.1. The molecule has 0 saturated carbocycles. The number of para-hydroxylation sites is 2. The highest BCUT2D eigenvalue weighted by atomic mass is 28.3. The lowest BCUT2D eigenvalue weighted by molar-refractivity contribution is 0.568. The van der Waals surface area contributed by atoms with Crippen LogP contribution in [0.25, 0.3) is 49.7 Å². The Bertz CT molecular complexity index is 6130. The topological polar surface area (TPSA) is 11.4 Å². The normalized spacial score (nSPS) is 13.2. The molecule has 2 aliphatic rings. The molecular formula is C110H104BN3Si2. The summed E-state index contributed by atoms with van der Waals surface area (Å²) in [4.78, 5) is 5.49. The van der Waals surface area contributed by atoms with E-state index in [2.05, 4.69) is 476 Å². The van der Waals surface area contributed by atoms with Gasteiger partial charge in [-0.25, -0.2) is 0 Å². The van der Waals surface area contributed by atoms with Crippen molar-refractivity contribution in [3.8, 4) is 27.9 Å². The average Bonchev–Trinajstić information content (AvgIpc) is 0.868. The second-order valence-corrected chi connectivity index (χ2v) is 45.4. The summed E-state index contributed by atoms with van der Waals surface area (Å²) in [6, 6.07) is 140. The Morgan fingerprint density at radius 3 is 1.08 bits per heavy atom. The fraction of sp³-hybridized carbons (Fsp3) is 0.182. The predicted molar refractivity (Wildman–Crippen MR) is 506 cm³/mol. The summed E-state index contributed by atoms with van der Waals surface area (Å²) in [6.45, 7) is 35.5. The van der Waals surface area contributed by atoms with Gasteiger partial charge in [0.2, 0.25) is 0 Å². The van der Waals surface area contributed by atoms with Gasteiger partial charge in [0.1, 0.15) is 0 Å². The summed E-state index contributed by atoms with van der Waals surface area (Å²) in [7, 11) is -6.42. The van der Waals surface area contributed by atoms with Gasteiger partial charge in [-0.05, 0) is 196 Å². The van der Waals surface area contributed by atoms with Crippen LogP contribution in [-0.2, 0) is 27.1 Å². The lowest BCUT2D eigenvalue weighted by Gasteiger charge is -2.46. The van der Waals surface area contributed by atoms with Crippen LogP contribution < -0.4 is 67.7 Å². The van der Waals surface area contributed by atoms with Crippen molar-refractivity contribution in [2.75, 3.05) is 9.80 Å². The van der Waals surface area contributed by atoms with E-state index < -0.39 is 16.1 Å². The van der Waals surface area contributed by atoms with Crippen molar-refractivity contribution in [2.45, 2.75) is 131 Å². The molecule has 116 heavy (non-hydrogen) atoms. The first kappa shape index (κ1) is 75.5. The quantitative estimate of drug-likeness (QED) is 0.0842. The molecule has 0 unspecified atom stereocenters. The molecule has 0 aliphatic carbocycles. The molecule has 0 atom stereocenters. The predicted octanol–water partition coefficient (Wildman–Crippen LogP) is 21.4. The Kier molecular flexibility index (Phi) is 18.6. The second-order valence-electron chi connectivity index (χ2n) is 37.7. The van der Waals surface area contributed by atoms with Crippen molar-refractivity contribution in [1.82, 2.24) is 4.57 Å². The molecule has 3 heterocycles. The van der Waals surface area contributed by atoms with E-state index in [0.717, 1.165) is 45.2 Å². The van der Waals surface area contributed by atoms with Crippen molar-refractivity contribution in [1.29, 1.82) is 0 Å². The van der Waals surface area contributed by atoms with Gasteiger partial charge in [-0.1, -0.05) is 401 Å². The lowest BCUT2D eigenvalue weighted by Crippen LogP contribution is -2.75. The molecule has 15 aromatic carbocycles. The van der Waals surface area contributed by atoms with Gasteiger partial charge in [-0.3, -0.25) is 0 Å². The zero-order chi connectivity index (χ0) is 80.4. The number of aromatic nitrogens is 1. The van der Waals surface area contributed by atoms with Crippen LogP contribution in [0.4, 0.5) is 34.1 Å². The number of hydrogen-bond acceptors (Lipinski definition) is 2. The Labute approximate surface area is 690 Å². The summed E-state index contributed by atoms with van der Waals surface area (Å²) in [6.07, 6.45) is 0. The number of hydrogen-bond donors (Lipinski definition) is 0. The summed E-state index contributed by atoms with van der Waals surface area (Å²) in [5.41, 5.74) is 24.6. The fourth-order valence-electron chi connectivity index (χ4n) is 19.2. The molecule has 0 fully saturated rings. The average molecular weight is 1540 g/mol. The van der Waals surface area contributed by atoms with Gasteiger partial charge in [0.15, 0.2) is 16.1 Å². The van der Waals surface area contributed by atoms with Gasteiger partial charge < -0.3 is 14.4 Å². The van der Waals surface area contributed by atoms with Crippen molar-refractivity contribution >= 4 is 137 Å². The SMILES string of the molecule is CC(C)(C)c1cccc(-c2cc(N3c4cc(-c5cc(C(C)(C)C)cc(C(C)(C)C)c5)c(C(C)(C)C)cc4B4c5ccc([Si](c6ccccc6)(c6ccccc6)c6ccccc6)cc5N(c5cccc([Si](c6ccccc6)(c6ccccc6)c6ccccc6)c5)c5cc(-n6c7ccccc7c7ccccc76)cc3c54)cc(C(C)(C)C)c2)c1. The Hall–Kier alpha value is -11.8. The van der Waals surface area contributed by atoms with E-state index in [9.17, 15) is 0 Å². The Morgan fingerprint density at radius 1 is 0.233 bits per heavy atom. The van der Waals surface area contributed by atoms with Crippen LogP contribution >= 0.6 is 0 Å². The minimum absolute atomic E-state index is 0.0724. The summed E-state index contributed by atoms with van der Waals surface area (Å²) in [5.74, 6) is 0. The maximum absolute atomic E-state index is 3.24. The van der Waals surface area contributed by atoms with E-state index in [0.29, 0.717) is 0 Å². The zero-order valence-corrected chi connectivity index (χ0v) is 72.0. The molecule has 0 radical (unpaired) electrons. The number of anilines is 6. The minimum Gasteiger partial charge on any atom is -0.311 e. The first-order valence-corrected chi connectivity index (χ1v) is 45.7. The van der Waals surface area contributed by atoms with Crippen molar-refractivity contribution < 1.29 is 0 Å². The molecule has 0 spiro atoms. The van der Waals surface area contributed by atoms with Crippen molar-refractivity contribution in [3.63, 3.8) is 0 Å². The summed E-state index contributed by atoms with van der Waals surface area (Å²) >= 11 is 0. The van der Waals surface area contributed by atoms with Crippen LogP contribution in [0, 0.1) is 0 Å². The van der Waals surface area contributed by atoms with Crippen molar-refractivity contribution in [2.24, 2.45) is 0 Å². The molecule has 16 aromatic rings. The van der Waals surface area contributed by atoms with E-state index in [1.54, 1.807) is 0 Å². The maximum Gasteiger partial charge on any atom is 0.252 e. The highest BCUT2D eigenvalue weighted by Gasteiger charge is 2.49. The number of nitrogens with zero attached hydrogens (tertiary/aromatic N) is 3. The van der Waals surface area contributed by atoms with E-state index in [1.807, 2.05) is 0 Å². The van der Waals surface area contributed by atoms with Crippen LogP contribution in [-0.4, -0.2) is 27.4 Å². The monoisotopic (exact) mass is 1530 g/mol. The highest BCUT2D eigenvalue weighted by Crippen LogP contribution is 2.51. The Balaban J connectivity index is 1.05. The molecule has 18 rings (SSSR count). The summed E-state index contributed by atoms with van der Waals surface area (Å²) in [5, 5.41) is 13.0. The maximum atomic E-state index is 2.75. The number of fused-ring (bicyclic) bond motifs is 7. The van der Waals surface area contributed by atoms with Crippen LogP contribution in [0.3, 0.4) is 0 Å². The molecule has 570 valence electrons. The largest absolute Gasteiger partial charge is 0.311 e. The van der Waals surface area contributed by atoms with Gasteiger partial charge >= 0.3 is 0 Å². The molecule has 0 saturated heterocycles. The lowest BCUT2D eigenvalue weighted by atomic mass is 9.33. The molecular weight excluding hydrogens is 1430 g/mol. The number of benzene rings is 15. The minimum atomic E-state index is -3.24. The van der Waals surface area contributed by atoms with Gasteiger partial charge in [0, 0.05) is 44.9 Å².